The van der Waals surface area contributed by atoms with Gasteiger partial charge in [-0.05, 0) is 6.42 Å². The minimum absolute atomic E-state index is 0.176. The van der Waals surface area contributed by atoms with Crippen molar-refractivity contribution in [2.45, 2.75) is 19.8 Å². The second-order valence-electron chi connectivity index (χ2n) is 1.64. The van der Waals surface area contributed by atoms with Crippen molar-refractivity contribution >= 4 is 12.3 Å². The van der Waals surface area contributed by atoms with Crippen molar-refractivity contribution in [2.24, 2.45) is 0 Å². The van der Waals surface area contributed by atoms with Gasteiger partial charge in [-0.15, -0.1) is 0 Å². The number of aliphatic hydroxyl groups excluding tert-OH is 1. The first-order valence-corrected chi connectivity index (χ1v) is 3.38. The van der Waals surface area contributed by atoms with E-state index in [2.05, 4.69) is 4.74 Å². The summed E-state index contributed by atoms with van der Waals surface area (Å²) in [5.74, 6) is -0.775. The lowest BCUT2D eigenvalue weighted by Gasteiger charge is -1.95. The summed E-state index contributed by atoms with van der Waals surface area (Å²) in [4.78, 5) is 19.7. The number of hydrogen-bond acceptors (Lipinski definition) is 4. The molecule has 0 fully saturated rings. The molecule has 0 spiro atoms. The van der Waals surface area contributed by atoms with Crippen molar-refractivity contribution in [1.82, 2.24) is 0 Å². The second kappa shape index (κ2) is 11.8. The van der Waals surface area contributed by atoms with E-state index in [9.17, 15) is 9.59 Å². The summed E-state index contributed by atoms with van der Waals surface area (Å²) in [5.41, 5.74) is 0. The summed E-state index contributed by atoms with van der Waals surface area (Å²) in [5, 5.41) is 7.00. The van der Waals surface area contributed by atoms with Gasteiger partial charge in [-0.2, -0.15) is 0 Å². The van der Waals surface area contributed by atoms with Crippen molar-refractivity contribution in [2.75, 3.05) is 13.7 Å². The van der Waals surface area contributed by atoms with Gasteiger partial charge in [-0.25, -0.2) is 4.79 Å². The van der Waals surface area contributed by atoms with E-state index in [1.165, 1.54) is 0 Å². The van der Waals surface area contributed by atoms with Crippen LogP contribution in [0.4, 0.5) is 0 Å². The van der Waals surface area contributed by atoms with Gasteiger partial charge in [0.25, 0.3) is 0 Å². The molecule has 0 aromatic carbocycles. The smallest absolute Gasteiger partial charge is 0.371 e. The standard InChI is InChI=1S/C6H10O3.CH4O/c1-2-3-4-9-6(8)5-7;1-2/h5H,2-4H2,1H3;2H,1H3. The Labute approximate surface area is 66.2 Å². The first-order chi connectivity index (χ1) is 5.31. The second-order valence-corrected chi connectivity index (χ2v) is 1.64. The summed E-state index contributed by atoms with van der Waals surface area (Å²) in [6.07, 6.45) is 1.96. The summed E-state index contributed by atoms with van der Waals surface area (Å²) in [7, 11) is 1.00. The van der Waals surface area contributed by atoms with Crippen LogP contribution in [-0.2, 0) is 14.3 Å². The maximum absolute atomic E-state index is 10.1. The Morgan fingerprint density at radius 1 is 1.55 bits per heavy atom. The zero-order valence-electron chi connectivity index (χ0n) is 6.87. The van der Waals surface area contributed by atoms with Crippen LogP contribution in [-0.4, -0.2) is 31.1 Å². The van der Waals surface area contributed by atoms with Crippen LogP contribution in [0.15, 0.2) is 0 Å². The van der Waals surface area contributed by atoms with Gasteiger partial charge < -0.3 is 9.84 Å². The van der Waals surface area contributed by atoms with E-state index in [1.807, 2.05) is 6.92 Å². The average Bonchev–Trinajstić information content (AvgIpc) is 2.08. The molecule has 0 saturated heterocycles. The predicted octanol–water partition coefficient (Wildman–Crippen LogP) is 0.137. The monoisotopic (exact) mass is 162 g/mol. The molecule has 0 bridgehead atoms. The fraction of sp³-hybridized carbons (Fsp3) is 0.714. The molecule has 4 heteroatoms. The molecule has 11 heavy (non-hydrogen) atoms. The van der Waals surface area contributed by atoms with Crippen molar-refractivity contribution in [3.05, 3.63) is 0 Å². The molecule has 0 unspecified atom stereocenters. The lowest BCUT2D eigenvalue weighted by atomic mass is 10.4. The van der Waals surface area contributed by atoms with Crippen LogP contribution in [0.2, 0.25) is 0 Å². The Bertz CT molecular complexity index is 101. The minimum Gasteiger partial charge on any atom is -0.460 e. The van der Waals surface area contributed by atoms with E-state index in [0.717, 1.165) is 20.0 Å². The lowest BCUT2D eigenvalue weighted by molar-refractivity contribution is -0.148. The highest BCUT2D eigenvalue weighted by atomic mass is 16.5. The van der Waals surface area contributed by atoms with Crippen LogP contribution < -0.4 is 0 Å². The van der Waals surface area contributed by atoms with Gasteiger partial charge in [0.05, 0.1) is 6.61 Å². The molecule has 0 aromatic rings. The number of hydrogen-bond donors (Lipinski definition) is 1. The molecule has 0 aliphatic rings. The van der Waals surface area contributed by atoms with Crippen LogP contribution in [0.5, 0.6) is 0 Å². The van der Waals surface area contributed by atoms with E-state index in [0.29, 0.717) is 6.61 Å². The number of aliphatic hydroxyl groups is 1. The number of carbonyl (C=O) groups excluding carboxylic acids is 2. The zero-order valence-corrected chi connectivity index (χ0v) is 6.87. The molecule has 66 valence electrons. The number of carbonyl (C=O) groups is 2. The molecular formula is C7H14O4. The average molecular weight is 162 g/mol. The van der Waals surface area contributed by atoms with Gasteiger partial charge in [-0.3, -0.25) is 4.79 Å². The quantitative estimate of drug-likeness (QED) is 0.276. The molecule has 0 aromatic heterocycles. The number of unbranched alkanes of at least 4 members (excludes halogenated alkanes) is 1. The lowest BCUT2D eigenvalue weighted by Crippen LogP contribution is -2.05. The van der Waals surface area contributed by atoms with Crippen molar-refractivity contribution in [1.29, 1.82) is 0 Å². The summed E-state index contributed by atoms with van der Waals surface area (Å²) >= 11 is 0. The van der Waals surface area contributed by atoms with E-state index < -0.39 is 5.97 Å². The van der Waals surface area contributed by atoms with Gasteiger partial charge in [0.2, 0.25) is 6.29 Å². The molecule has 0 aliphatic carbocycles. The third kappa shape index (κ3) is 12.3. The fourth-order valence-electron chi connectivity index (χ4n) is 0.351. The Morgan fingerprint density at radius 2 is 2.09 bits per heavy atom. The van der Waals surface area contributed by atoms with Crippen LogP contribution in [0.1, 0.15) is 19.8 Å². The van der Waals surface area contributed by atoms with Crippen LogP contribution >= 0.6 is 0 Å². The van der Waals surface area contributed by atoms with Crippen LogP contribution in [0, 0.1) is 0 Å². The van der Waals surface area contributed by atoms with E-state index >= 15 is 0 Å². The summed E-state index contributed by atoms with van der Waals surface area (Å²) < 4.78 is 4.42. The molecule has 0 atom stereocenters. The normalized spacial score (nSPS) is 7.55. The Morgan fingerprint density at radius 3 is 2.45 bits per heavy atom. The van der Waals surface area contributed by atoms with Crippen molar-refractivity contribution in [3.63, 3.8) is 0 Å². The highest BCUT2D eigenvalue weighted by Gasteiger charge is 1.95. The maximum atomic E-state index is 10.1. The summed E-state index contributed by atoms with van der Waals surface area (Å²) in [6.45, 7) is 2.34. The Balaban J connectivity index is 0. The van der Waals surface area contributed by atoms with Gasteiger partial charge in [0, 0.05) is 7.11 Å². The molecule has 0 rings (SSSR count). The molecule has 0 radical (unpaired) electrons. The number of ether oxygens (including phenoxy) is 1. The molecule has 1 N–H and O–H groups in total. The molecular weight excluding hydrogens is 148 g/mol. The van der Waals surface area contributed by atoms with Crippen molar-refractivity contribution in [3.8, 4) is 0 Å². The number of aldehydes is 1. The van der Waals surface area contributed by atoms with E-state index in [-0.39, 0.29) is 6.29 Å². The van der Waals surface area contributed by atoms with E-state index in [1.54, 1.807) is 0 Å². The predicted molar refractivity (Wildman–Crippen MR) is 40.1 cm³/mol. The Kier molecular flexibility index (Phi) is 13.7. The highest BCUT2D eigenvalue weighted by Crippen LogP contribution is 1.86. The largest absolute Gasteiger partial charge is 0.460 e. The van der Waals surface area contributed by atoms with Gasteiger partial charge in [-0.1, -0.05) is 13.3 Å². The summed E-state index contributed by atoms with van der Waals surface area (Å²) in [6, 6.07) is 0. The SMILES string of the molecule is CCCCOC(=O)C=O.CO. The zero-order chi connectivity index (χ0) is 9.11. The molecule has 4 nitrogen and oxygen atoms in total. The topological polar surface area (TPSA) is 63.6 Å². The number of rotatable bonds is 4. The molecule has 0 amide bonds. The molecule has 0 aliphatic heterocycles. The first-order valence-electron chi connectivity index (χ1n) is 3.38. The first kappa shape index (κ1) is 12.7. The molecule has 0 heterocycles. The maximum Gasteiger partial charge on any atom is 0.371 e. The van der Waals surface area contributed by atoms with Crippen molar-refractivity contribution < 1.29 is 19.4 Å². The third-order valence-electron chi connectivity index (χ3n) is 0.838. The molecule has 0 saturated carbocycles. The Hall–Kier alpha value is -0.900. The fourth-order valence-corrected chi connectivity index (χ4v) is 0.351. The third-order valence-corrected chi connectivity index (χ3v) is 0.838. The van der Waals surface area contributed by atoms with Gasteiger partial charge in [0.1, 0.15) is 0 Å². The number of esters is 1. The van der Waals surface area contributed by atoms with Crippen LogP contribution in [0.3, 0.4) is 0 Å². The highest BCUT2D eigenvalue weighted by molar-refractivity contribution is 6.20. The van der Waals surface area contributed by atoms with E-state index in [4.69, 9.17) is 5.11 Å². The van der Waals surface area contributed by atoms with Gasteiger partial charge >= 0.3 is 5.97 Å². The van der Waals surface area contributed by atoms with Crippen LogP contribution in [0.25, 0.3) is 0 Å². The van der Waals surface area contributed by atoms with Gasteiger partial charge in [0.15, 0.2) is 0 Å². The minimum atomic E-state index is -0.775.